The Morgan fingerprint density at radius 3 is 2.50 bits per heavy atom. The third kappa shape index (κ3) is 4.97. The lowest BCUT2D eigenvalue weighted by molar-refractivity contribution is -0.122. The molecule has 158 valence electrons. The molecule has 1 fully saturated rings. The number of carbonyl (C=O) groups excluding carboxylic acids is 3. The Morgan fingerprint density at radius 1 is 1.10 bits per heavy atom. The lowest BCUT2D eigenvalue weighted by atomic mass is 10.1. The number of para-hydroxylation sites is 2. The van der Waals surface area contributed by atoms with Gasteiger partial charge in [0, 0.05) is 30.3 Å². The van der Waals surface area contributed by atoms with Gasteiger partial charge in [0.25, 0.3) is 0 Å². The number of ether oxygens (including phenoxy) is 1. The molecular weight excluding hydrogens is 382 g/mol. The minimum atomic E-state index is -0.471. The number of rotatable bonds is 7. The summed E-state index contributed by atoms with van der Waals surface area (Å²) in [5, 5.41) is 5.67. The second-order valence-electron chi connectivity index (χ2n) is 7.52. The van der Waals surface area contributed by atoms with Crippen LogP contribution in [0.15, 0.2) is 48.5 Å². The van der Waals surface area contributed by atoms with Crippen molar-refractivity contribution in [1.29, 1.82) is 0 Å². The topological polar surface area (TPSA) is 87.7 Å². The molecule has 30 heavy (non-hydrogen) atoms. The highest BCUT2D eigenvalue weighted by molar-refractivity contribution is 6.04. The molecule has 1 unspecified atom stereocenters. The molecule has 2 aromatic rings. The molecule has 1 heterocycles. The SMILES string of the molecule is CCOc1ccccc1N1CC(C(=O)Nc2cccc(NC(=O)C(C)C)c2)CC1=O. The third-order valence-electron chi connectivity index (χ3n) is 4.87. The fraction of sp³-hybridized carbons (Fsp3) is 0.348. The monoisotopic (exact) mass is 409 g/mol. The lowest BCUT2D eigenvalue weighted by Crippen LogP contribution is -2.28. The second kappa shape index (κ2) is 9.43. The Balaban J connectivity index is 1.68. The molecule has 2 aromatic carbocycles. The molecule has 0 spiro atoms. The summed E-state index contributed by atoms with van der Waals surface area (Å²) in [7, 11) is 0. The zero-order valence-electron chi connectivity index (χ0n) is 17.5. The van der Waals surface area contributed by atoms with Crippen molar-refractivity contribution in [3.05, 3.63) is 48.5 Å². The van der Waals surface area contributed by atoms with Gasteiger partial charge in [-0.2, -0.15) is 0 Å². The van der Waals surface area contributed by atoms with Gasteiger partial charge in [-0.1, -0.05) is 32.0 Å². The molecule has 3 rings (SSSR count). The van der Waals surface area contributed by atoms with Gasteiger partial charge >= 0.3 is 0 Å². The van der Waals surface area contributed by atoms with Gasteiger partial charge in [0.15, 0.2) is 0 Å². The van der Waals surface area contributed by atoms with E-state index in [2.05, 4.69) is 10.6 Å². The predicted octanol–water partition coefficient (Wildman–Crippen LogP) is 3.67. The standard InChI is InChI=1S/C23H27N3O4/c1-4-30-20-11-6-5-10-19(20)26-14-16(12-21(26)27)23(29)25-18-9-7-8-17(13-18)24-22(28)15(2)3/h5-11,13,15-16H,4,12,14H2,1-3H3,(H,24,28)(H,25,29). The van der Waals surface area contributed by atoms with E-state index < -0.39 is 5.92 Å². The van der Waals surface area contributed by atoms with Crippen molar-refractivity contribution in [2.45, 2.75) is 27.2 Å². The van der Waals surface area contributed by atoms with E-state index in [0.29, 0.717) is 36.0 Å². The van der Waals surface area contributed by atoms with Crippen LogP contribution in [-0.4, -0.2) is 30.9 Å². The first-order valence-corrected chi connectivity index (χ1v) is 10.1. The number of benzene rings is 2. The zero-order chi connectivity index (χ0) is 21.7. The molecule has 7 heteroatoms. The van der Waals surface area contributed by atoms with Crippen molar-refractivity contribution in [1.82, 2.24) is 0 Å². The summed E-state index contributed by atoms with van der Waals surface area (Å²) in [5.41, 5.74) is 1.86. The third-order valence-corrected chi connectivity index (χ3v) is 4.87. The van der Waals surface area contributed by atoms with Crippen LogP contribution in [0, 0.1) is 11.8 Å². The van der Waals surface area contributed by atoms with Crippen LogP contribution < -0.4 is 20.3 Å². The summed E-state index contributed by atoms with van der Waals surface area (Å²) in [6.45, 7) is 6.29. The summed E-state index contributed by atoms with van der Waals surface area (Å²) in [6, 6.07) is 14.3. The van der Waals surface area contributed by atoms with E-state index in [1.54, 1.807) is 29.2 Å². The molecular formula is C23H27N3O4. The minimum Gasteiger partial charge on any atom is -0.492 e. The van der Waals surface area contributed by atoms with Gasteiger partial charge in [-0.15, -0.1) is 0 Å². The minimum absolute atomic E-state index is 0.0940. The van der Waals surface area contributed by atoms with Crippen molar-refractivity contribution in [3.63, 3.8) is 0 Å². The number of carbonyl (C=O) groups is 3. The first-order valence-electron chi connectivity index (χ1n) is 10.1. The van der Waals surface area contributed by atoms with Gasteiger partial charge < -0.3 is 20.3 Å². The molecule has 1 saturated heterocycles. The smallest absolute Gasteiger partial charge is 0.229 e. The summed E-state index contributed by atoms with van der Waals surface area (Å²) in [4.78, 5) is 38.9. The van der Waals surface area contributed by atoms with Gasteiger partial charge in [-0.05, 0) is 37.3 Å². The average molecular weight is 409 g/mol. The van der Waals surface area contributed by atoms with Crippen LogP contribution in [0.25, 0.3) is 0 Å². The van der Waals surface area contributed by atoms with Crippen LogP contribution in [0.2, 0.25) is 0 Å². The highest BCUT2D eigenvalue weighted by Gasteiger charge is 2.36. The lowest BCUT2D eigenvalue weighted by Gasteiger charge is -2.20. The molecule has 1 aliphatic rings. The van der Waals surface area contributed by atoms with Crippen LogP contribution in [0.5, 0.6) is 5.75 Å². The number of nitrogens with one attached hydrogen (secondary N) is 2. The van der Waals surface area contributed by atoms with Gasteiger partial charge in [-0.25, -0.2) is 0 Å². The van der Waals surface area contributed by atoms with Gasteiger partial charge in [0.2, 0.25) is 17.7 Å². The van der Waals surface area contributed by atoms with E-state index in [1.165, 1.54) is 0 Å². The van der Waals surface area contributed by atoms with Gasteiger partial charge in [0.05, 0.1) is 18.2 Å². The summed E-state index contributed by atoms with van der Waals surface area (Å²) in [5.74, 6) is -0.418. The van der Waals surface area contributed by atoms with E-state index in [1.807, 2.05) is 45.0 Å². The molecule has 0 radical (unpaired) electrons. The second-order valence-corrected chi connectivity index (χ2v) is 7.52. The maximum atomic E-state index is 12.8. The Bertz CT molecular complexity index is 942. The Hall–Kier alpha value is -3.35. The summed E-state index contributed by atoms with van der Waals surface area (Å²) < 4.78 is 5.62. The van der Waals surface area contributed by atoms with Crippen molar-refractivity contribution in [3.8, 4) is 5.75 Å². The van der Waals surface area contributed by atoms with E-state index in [-0.39, 0.29) is 30.1 Å². The molecule has 0 aromatic heterocycles. The van der Waals surface area contributed by atoms with E-state index in [4.69, 9.17) is 4.74 Å². The molecule has 2 N–H and O–H groups in total. The van der Waals surface area contributed by atoms with Crippen molar-refractivity contribution >= 4 is 34.8 Å². The summed E-state index contributed by atoms with van der Waals surface area (Å²) in [6.07, 6.45) is 0.135. The number of hydrogen-bond acceptors (Lipinski definition) is 4. The van der Waals surface area contributed by atoms with Crippen molar-refractivity contribution in [2.24, 2.45) is 11.8 Å². The molecule has 3 amide bonds. The van der Waals surface area contributed by atoms with Crippen LogP contribution in [-0.2, 0) is 14.4 Å². The number of hydrogen-bond donors (Lipinski definition) is 2. The predicted molar refractivity (Wildman–Crippen MR) is 117 cm³/mol. The first kappa shape index (κ1) is 21.4. The Morgan fingerprint density at radius 2 is 1.80 bits per heavy atom. The van der Waals surface area contributed by atoms with E-state index in [0.717, 1.165) is 0 Å². The van der Waals surface area contributed by atoms with Crippen LogP contribution >= 0.6 is 0 Å². The number of anilines is 3. The van der Waals surface area contributed by atoms with Gasteiger partial charge in [0.1, 0.15) is 5.75 Å². The Labute approximate surface area is 176 Å². The van der Waals surface area contributed by atoms with Crippen molar-refractivity contribution < 1.29 is 19.1 Å². The molecule has 1 atom stereocenters. The average Bonchev–Trinajstić information content (AvgIpc) is 3.10. The highest BCUT2D eigenvalue weighted by atomic mass is 16.5. The van der Waals surface area contributed by atoms with Gasteiger partial charge in [-0.3, -0.25) is 14.4 Å². The highest BCUT2D eigenvalue weighted by Crippen LogP contribution is 2.33. The quantitative estimate of drug-likeness (QED) is 0.730. The van der Waals surface area contributed by atoms with Crippen LogP contribution in [0.3, 0.4) is 0 Å². The maximum absolute atomic E-state index is 12.8. The van der Waals surface area contributed by atoms with E-state index in [9.17, 15) is 14.4 Å². The Kier molecular flexibility index (Phi) is 6.72. The molecule has 1 aliphatic heterocycles. The van der Waals surface area contributed by atoms with Crippen molar-refractivity contribution in [2.75, 3.05) is 28.7 Å². The normalized spacial score (nSPS) is 15.9. The maximum Gasteiger partial charge on any atom is 0.229 e. The first-order chi connectivity index (χ1) is 14.4. The number of amides is 3. The largest absolute Gasteiger partial charge is 0.492 e. The fourth-order valence-electron chi connectivity index (χ4n) is 3.28. The molecule has 0 aliphatic carbocycles. The molecule has 7 nitrogen and oxygen atoms in total. The van der Waals surface area contributed by atoms with Crippen LogP contribution in [0.4, 0.5) is 17.1 Å². The molecule has 0 saturated carbocycles. The fourth-order valence-corrected chi connectivity index (χ4v) is 3.28. The van der Waals surface area contributed by atoms with E-state index >= 15 is 0 Å². The van der Waals surface area contributed by atoms with Crippen LogP contribution in [0.1, 0.15) is 27.2 Å². The molecule has 0 bridgehead atoms. The zero-order valence-corrected chi connectivity index (χ0v) is 17.5. The number of nitrogens with zero attached hydrogens (tertiary/aromatic N) is 1. The summed E-state index contributed by atoms with van der Waals surface area (Å²) >= 11 is 0.